The standard InChI is InChI=1S/C23H26F2N2O3/c1-15(2)26-22(28)17-8-10-18(11-9-17)30-14-16-5-4-12-27(13-16)23(29)21-19(24)6-3-7-20(21)25/h3,6-11,15-16H,4-5,12-14H2,1-2H3,(H,26,28)/t16-/m1/s1. The van der Waals surface area contributed by atoms with Crippen LogP contribution in [0.2, 0.25) is 0 Å². The molecule has 2 aromatic rings. The van der Waals surface area contributed by atoms with Gasteiger partial charge in [0.15, 0.2) is 0 Å². The molecule has 1 N–H and O–H groups in total. The van der Waals surface area contributed by atoms with Gasteiger partial charge in [0.25, 0.3) is 11.8 Å². The monoisotopic (exact) mass is 416 g/mol. The SMILES string of the molecule is CC(C)NC(=O)c1ccc(OC[C@@H]2CCCN(C(=O)c3c(F)cccc3F)C2)cc1. The molecule has 3 rings (SSSR count). The molecule has 1 aliphatic heterocycles. The van der Waals surface area contributed by atoms with Crippen LogP contribution in [0.4, 0.5) is 8.78 Å². The van der Waals surface area contributed by atoms with Crippen molar-refractivity contribution >= 4 is 11.8 Å². The number of carbonyl (C=O) groups excluding carboxylic acids is 2. The lowest BCUT2D eigenvalue weighted by Crippen LogP contribution is -2.42. The van der Waals surface area contributed by atoms with Gasteiger partial charge >= 0.3 is 0 Å². The van der Waals surface area contributed by atoms with Gasteiger partial charge in [-0.05, 0) is 63.1 Å². The van der Waals surface area contributed by atoms with E-state index in [1.165, 1.54) is 11.0 Å². The Morgan fingerprint density at radius 1 is 1.13 bits per heavy atom. The number of halogens is 2. The fourth-order valence-corrected chi connectivity index (χ4v) is 3.51. The van der Waals surface area contributed by atoms with Crippen LogP contribution in [0, 0.1) is 17.6 Å². The third kappa shape index (κ3) is 5.34. The second-order valence-corrected chi connectivity index (χ2v) is 7.82. The maximum atomic E-state index is 13.9. The van der Waals surface area contributed by atoms with Crippen LogP contribution in [0.25, 0.3) is 0 Å². The van der Waals surface area contributed by atoms with Gasteiger partial charge < -0.3 is 15.0 Å². The third-order valence-electron chi connectivity index (χ3n) is 5.00. The fraction of sp³-hybridized carbons (Fsp3) is 0.391. The van der Waals surface area contributed by atoms with E-state index >= 15 is 0 Å². The molecule has 1 saturated heterocycles. The van der Waals surface area contributed by atoms with Crippen LogP contribution in [-0.4, -0.2) is 42.5 Å². The molecule has 1 heterocycles. The molecule has 0 spiro atoms. The van der Waals surface area contributed by atoms with Crippen molar-refractivity contribution in [2.45, 2.75) is 32.7 Å². The minimum absolute atomic E-state index is 0.0569. The van der Waals surface area contributed by atoms with Gasteiger partial charge in [-0.2, -0.15) is 0 Å². The average Bonchev–Trinajstić information content (AvgIpc) is 2.72. The van der Waals surface area contributed by atoms with Crippen molar-refractivity contribution in [1.29, 1.82) is 0 Å². The summed E-state index contributed by atoms with van der Waals surface area (Å²) in [5, 5.41) is 2.83. The first-order valence-electron chi connectivity index (χ1n) is 10.1. The summed E-state index contributed by atoms with van der Waals surface area (Å²) in [5.41, 5.74) is 0.0479. The molecule has 2 amide bonds. The smallest absolute Gasteiger partial charge is 0.259 e. The zero-order valence-electron chi connectivity index (χ0n) is 17.2. The summed E-state index contributed by atoms with van der Waals surface area (Å²) in [4.78, 5) is 26.1. The van der Waals surface area contributed by atoms with Crippen LogP contribution in [0.15, 0.2) is 42.5 Å². The van der Waals surface area contributed by atoms with Gasteiger partial charge in [-0.15, -0.1) is 0 Å². The average molecular weight is 416 g/mol. The number of piperidine rings is 1. The maximum Gasteiger partial charge on any atom is 0.259 e. The summed E-state index contributed by atoms with van der Waals surface area (Å²) in [6.07, 6.45) is 1.60. The van der Waals surface area contributed by atoms with E-state index in [1.807, 2.05) is 13.8 Å². The maximum absolute atomic E-state index is 13.9. The molecular weight excluding hydrogens is 390 g/mol. The van der Waals surface area contributed by atoms with E-state index in [9.17, 15) is 18.4 Å². The summed E-state index contributed by atoms with van der Waals surface area (Å²) in [6, 6.07) is 10.3. The van der Waals surface area contributed by atoms with Crippen LogP contribution in [0.3, 0.4) is 0 Å². The summed E-state index contributed by atoms with van der Waals surface area (Å²) in [7, 11) is 0. The highest BCUT2D eigenvalue weighted by atomic mass is 19.1. The third-order valence-corrected chi connectivity index (χ3v) is 5.00. The van der Waals surface area contributed by atoms with Crippen molar-refractivity contribution in [3.8, 4) is 5.75 Å². The lowest BCUT2D eigenvalue weighted by Gasteiger charge is -2.32. The van der Waals surface area contributed by atoms with Gasteiger partial charge in [-0.3, -0.25) is 9.59 Å². The molecule has 7 heteroatoms. The largest absolute Gasteiger partial charge is 0.493 e. The number of carbonyl (C=O) groups is 2. The highest BCUT2D eigenvalue weighted by Crippen LogP contribution is 2.22. The zero-order chi connectivity index (χ0) is 21.7. The quantitative estimate of drug-likeness (QED) is 0.773. The molecule has 0 radical (unpaired) electrons. The predicted molar refractivity (Wildman–Crippen MR) is 110 cm³/mol. The minimum atomic E-state index is -0.847. The Hall–Kier alpha value is -2.96. The summed E-state index contributed by atoms with van der Waals surface area (Å²) in [5.74, 6) is -1.78. The molecule has 2 aromatic carbocycles. The van der Waals surface area contributed by atoms with Crippen molar-refractivity contribution in [3.63, 3.8) is 0 Å². The second-order valence-electron chi connectivity index (χ2n) is 7.82. The number of amides is 2. The number of ether oxygens (including phenoxy) is 1. The normalized spacial score (nSPS) is 16.4. The van der Waals surface area contributed by atoms with Crippen LogP contribution in [0.1, 0.15) is 47.4 Å². The first-order chi connectivity index (χ1) is 14.3. The lowest BCUT2D eigenvalue weighted by atomic mass is 9.98. The van der Waals surface area contributed by atoms with Crippen molar-refractivity contribution in [3.05, 3.63) is 65.2 Å². The number of rotatable bonds is 6. The Kier molecular flexibility index (Phi) is 7.03. The van der Waals surface area contributed by atoms with Crippen LogP contribution >= 0.6 is 0 Å². The number of hydrogen-bond acceptors (Lipinski definition) is 3. The van der Waals surface area contributed by atoms with E-state index in [1.54, 1.807) is 24.3 Å². The molecule has 1 fully saturated rings. The molecule has 1 aliphatic rings. The number of hydrogen-bond donors (Lipinski definition) is 1. The molecule has 1 atom stereocenters. The number of likely N-dealkylation sites (tertiary alicyclic amines) is 1. The summed E-state index contributed by atoms with van der Waals surface area (Å²) in [6.45, 7) is 5.01. The van der Waals surface area contributed by atoms with Crippen molar-refractivity contribution in [2.75, 3.05) is 19.7 Å². The Bertz CT molecular complexity index is 880. The Morgan fingerprint density at radius 2 is 1.80 bits per heavy atom. The Labute approximate surface area is 175 Å². The van der Waals surface area contributed by atoms with Crippen LogP contribution < -0.4 is 10.1 Å². The van der Waals surface area contributed by atoms with Gasteiger partial charge in [0.2, 0.25) is 0 Å². The fourth-order valence-electron chi connectivity index (χ4n) is 3.51. The van der Waals surface area contributed by atoms with Crippen LogP contribution in [-0.2, 0) is 0 Å². The van der Waals surface area contributed by atoms with E-state index in [0.717, 1.165) is 25.0 Å². The van der Waals surface area contributed by atoms with E-state index in [2.05, 4.69) is 5.32 Å². The number of benzene rings is 2. The van der Waals surface area contributed by atoms with Gasteiger partial charge in [0, 0.05) is 30.6 Å². The molecular formula is C23H26F2N2O3. The Balaban J connectivity index is 1.56. The topological polar surface area (TPSA) is 58.6 Å². The molecule has 30 heavy (non-hydrogen) atoms. The highest BCUT2D eigenvalue weighted by Gasteiger charge is 2.28. The molecule has 5 nitrogen and oxygen atoms in total. The van der Waals surface area contributed by atoms with Crippen molar-refractivity contribution in [1.82, 2.24) is 10.2 Å². The molecule has 0 saturated carbocycles. The first kappa shape index (κ1) is 21.7. The number of nitrogens with one attached hydrogen (secondary N) is 1. The van der Waals surface area contributed by atoms with E-state index < -0.39 is 23.1 Å². The van der Waals surface area contributed by atoms with E-state index in [0.29, 0.717) is 31.0 Å². The molecule has 0 unspecified atom stereocenters. The van der Waals surface area contributed by atoms with Gasteiger partial charge in [0.1, 0.15) is 22.9 Å². The first-order valence-corrected chi connectivity index (χ1v) is 10.1. The zero-order valence-corrected chi connectivity index (χ0v) is 17.2. The predicted octanol–water partition coefficient (Wildman–Crippen LogP) is 4.03. The van der Waals surface area contributed by atoms with Gasteiger partial charge in [0.05, 0.1) is 6.61 Å². The van der Waals surface area contributed by atoms with Crippen molar-refractivity contribution in [2.24, 2.45) is 5.92 Å². The molecule has 0 bridgehead atoms. The summed E-state index contributed by atoms with van der Waals surface area (Å²) >= 11 is 0. The van der Waals surface area contributed by atoms with Gasteiger partial charge in [-0.25, -0.2) is 8.78 Å². The van der Waals surface area contributed by atoms with E-state index in [4.69, 9.17) is 4.74 Å². The summed E-state index contributed by atoms with van der Waals surface area (Å²) < 4.78 is 33.7. The van der Waals surface area contributed by atoms with E-state index in [-0.39, 0.29) is 17.9 Å². The second kappa shape index (κ2) is 9.69. The van der Waals surface area contributed by atoms with Crippen LogP contribution in [0.5, 0.6) is 5.75 Å². The highest BCUT2D eigenvalue weighted by molar-refractivity contribution is 5.95. The molecule has 0 aromatic heterocycles. The lowest BCUT2D eigenvalue weighted by molar-refractivity contribution is 0.0623. The molecule has 160 valence electrons. The minimum Gasteiger partial charge on any atom is -0.493 e. The van der Waals surface area contributed by atoms with Gasteiger partial charge in [-0.1, -0.05) is 6.07 Å². The van der Waals surface area contributed by atoms with Crippen molar-refractivity contribution < 1.29 is 23.1 Å². The number of nitrogens with zero attached hydrogens (tertiary/aromatic N) is 1. The Morgan fingerprint density at radius 3 is 2.43 bits per heavy atom. The molecule has 0 aliphatic carbocycles.